The van der Waals surface area contributed by atoms with Gasteiger partial charge in [-0.1, -0.05) is 45.2 Å². The average Bonchev–Trinajstić information content (AvgIpc) is 2.53. The number of ether oxygens (including phenoxy) is 2. The molecule has 0 amide bonds. The maximum Gasteiger partial charge on any atom is 0.330 e. The normalized spacial score (nSPS) is 12.3. The van der Waals surface area contributed by atoms with Crippen LogP contribution in [0.1, 0.15) is 45.1 Å². The zero-order valence-electron chi connectivity index (χ0n) is 13.3. The van der Waals surface area contributed by atoms with Crippen LogP contribution in [0.4, 0.5) is 0 Å². The Morgan fingerprint density at radius 3 is 2.52 bits per heavy atom. The van der Waals surface area contributed by atoms with Crippen LogP contribution >= 0.6 is 0 Å². The van der Waals surface area contributed by atoms with Crippen molar-refractivity contribution in [1.82, 2.24) is 0 Å². The van der Waals surface area contributed by atoms with Crippen molar-refractivity contribution in [1.29, 1.82) is 0 Å². The molecule has 3 heteroatoms. The summed E-state index contributed by atoms with van der Waals surface area (Å²) in [6.07, 6.45) is 7.79. The van der Waals surface area contributed by atoms with Crippen LogP contribution in [0.2, 0.25) is 0 Å². The zero-order valence-corrected chi connectivity index (χ0v) is 13.3. The van der Waals surface area contributed by atoms with Crippen LogP contribution in [-0.2, 0) is 9.53 Å². The summed E-state index contributed by atoms with van der Waals surface area (Å²) in [5, 5.41) is 0. The molecule has 0 aromatic heterocycles. The highest BCUT2D eigenvalue weighted by Gasteiger charge is 2.08. The largest absolute Gasteiger partial charge is 0.497 e. The second-order valence-electron chi connectivity index (χ2n) is 5.15. The molecule has 116 valence electrons. The van der Waals surface area contributed by atoms with Gasteiger partial charge in [0, 0.05) is 6.08 Å². The summed E-state index contributed by atoms with van der Waals surface area (Å²) < 4.78 is 10.4. The van der Waals surface area contributed by atoms with Crippen LogP contribution in [0.3, 0.4) is 0 Å². The van der Waals surface area contributed by atoms with Gasteiger partial charge >= 0.3 is 5.97 Å². The molecule has 3 nitrogen and oxygen atoms in total. The first-order valence-electron chi connectivity index (χ1n) is 7.68. The Bertz CT molecular complexity index is 434. The van der Waals surface area contributed by atoms with Crippen LogP contribution in [0, 0.1) is 5.92 Å². The van der Waals surface area contributed by atoms with Gasteiger partial charge in [-0.05, 0) is 36.1 Å². The van der Waals surface area contributed by atoms with Gasteiger partial charge in [-0.3, -0.25) is 0 Å². The number of hydrogen-bond donors (Lipinski definition) is 0. The number of benzene rings is 1. The molecule has 1 aromatic rings. The van der Waals surface area contributed by atoms with Crippen molar-refractivity contribution in [2.75, 3.05) is 13.7 Å². The molecule has 1 unspecified atom stereocenters. The van der Waals surface area contributed by atoms with Gasteiger partial charge in [0.25, 0.3) is 0 Å². The average molecular weight is 293 g/mol. The molecular formula is C18H26O3. The highest BCUT2D eigenvalue weighted by molar-refractivity contribution is 5.87. The Labute approximate surface area is 128 Å². The molecular weight excluding hydrogens is 267 g/mol. The maximum absolute atomic E-state index is 11.7. The fraction of sp³-hybridized carbons (Fsp3) is 0.500. The van der Waals surface area contributed by atoms with Crippen molar-refractivity contribution in [3.63, 3.8) is 0 Å². The SMILES string of the molecule is CCCCC(CC)CO[13C](=O)/[13CH]=C/c1ccc(O[13CH3])cc1. The minimum Gasteiger partial charge on any atom is -0.497 e. The predicted octanol–water partition coefficient (Wildman–Crippen LogP) is 4.47. The third-order valence-electron chi connectivity index (χ3n) is 3.53. The van der Waals surface area contributed by atoms with Crippen molar-refractivity contribution in [3.8, 4) is 5.75 Å². The highest BCUT2D eigenvalue weighted by atomic mass is 16.6. The Hall–Kier alpha value is -1.77. The molecule has 0 aliphatic carbocycles. The van der Waals surface area contributed by atoms with E-state index in [2.05, 4.69) is 13.8 Å². The molecule has 0 radical (unpaired) electrons. The summed E-state index contributed by atoms with van der Waals surface area (Å²) in [4.78, 5) is 11.7. The van der Waals surface area contributed by atoms with Crippen molar-refractivity contribution >= 4 is 12.0 Å². The van der Waals surface area contributed by atoms with E-state index in [9.17, 15) is 4.79 Å². The predicted molar refractivity (Wildman–Crippen MR) is 86.3 cm³/mol. The Balaban J connectivity index is 2.39. The summed E-state index contributed by atoms with van der Waals surface area (Å²) in [6, 6.07) is 7.53. The van der Waals surface area contributed by atoms with Crippen molar-refractivity contribution in [3.05, 3.63) is 35.9 Å². The molecule has 1 aromatic carbocycles. The monoisotopic (exact) mass is 293 g/mol. The second-order valence-corrected chi connectivity index (χ2v) is 5.15. The molecule has 0 aliphatic rings. The standard InChI is InChI=1S/C18H26O3/c1-4-6-7-15(5-2)14-21-18(19)13-10-16-8-11-17(20-3)12-9-16/h8-13,15H,4-7,14H2,1-3H3/b13-10+/i3+1,13+1,18+1. The lowest BCUT2D eigenvalue weighted by Gasteiger charge is -2.13. The van der Waals surface area contributed by atoms with E-state index in [1.807, 2.05) is 24.3 Å². The molecule has 21 heavy (non-hydrogen) atoms. The Morgan fingerprint density at radius 1 is 1.24 bits per heavy atom. The fourth-order valence-electron chi connectivity index (χ4n) is 2.03. The van der Waals surface area contributed by atoms with Gasteiger partial charge in [0.15, 0.2) is 0 Å². The summed E-state index contributed by atoms with van der Waals surface area (Å²) in [5.74, 6) is 1.00. The number of hydrogen-bond acceptors (Lipinski definition) is 3. The van der Waals surface area contributed by atoms with Crippen LogP contribution in [0.5, 0.6) is 5.75 Å². The van der Waals surface area contributed by atoms with E-state index >= 15 is 0 Å². The first-order valence-corrected chi connectivity index (χ1v) is 7.68. The van der Waals surface area contributed by atoms with E-state index in [0.717, 1.165) is 24.2 Å². The van der Waals surface area contributed by atoms with Gasteiger partial charge in [0.2, 0.25) is 0 Å². The fourth-order valence-corrected chi connectivity index (χ4v) is 2.03. The van der Waals surface area contributed by atoms with Crippen LogP contribution in [0.15, 0.2) is 30.3 Å². The van der Waals surface area contributed by atoms with E-state index in [0.29, 0.717) is 12.5 Å². The van der Waals surface area contributed by atoms with E-state index < -0.39 is 0 Å². The van der Waals surface area contributed by atoms with Gasteiger partial charge < -0.3 is 9.47 Å². The number of carbonyl (C=O) groups excluding carboxylic acids is 1. The van der Waals surface area contributed by atoms with E-state index in [1.165, 1.54) is 18.9 Å². The lowest BCUT2D eigenvalue weighted by atomic mass is 10.0. The smallest absolute Gasteiger partial charge is 0.330 e. The van der Waals surface area contributed by atoms with E-state index in [-0.39, 0.29) is 5.97 Å². The summed E-state index contributed by atoms with van der Waals surface area (Å²) in [7, 11) is 1.63. The molecule has 0 saturated carbocycles. The third-order valence-corrected chi connectivity index (χ3v) is 3.53. The quantitative estimate of drug-likeness (QED) is 0.383. The first kappa shape index (κ1) is 17.3. The minimum atomic E-state index is -0.277. The number of carbonyl (C=O) groups is 1. The molecule has 0 N–H and O–H groups in total. The van der Waals surface area contributed by atoms with E-state index in [1.54, 1.807) is 13.2 Å². The van der Waals surface area contributed by atoms with Crippen LogP contribution in [0.25, 0.3) is 6.08 Å². The molecule has 1 atom stereocenters. The maximum atomic E-state index is 11.7. The minimum absolute atomic E-state index is 0.277. The lowest BCUT2D eigenvalue weighted by molar-refractivity contribution is -0.139. The summed E-state index contributed by atoms with van der Waals surface area (Å²) >= 11 is 0. The molecule has 0 heterocycles. The van der Waals surface area contributed by atoms with Crippen molar-refractivity contribution < 1.29 is 14.3 Å². The van der Waals surface area contributed by atoms with Gasteiger partial charge in [0.05, 0.1) is 13.7 Å². The van der Waals surface area contributed by atoms with Gasteiger partial charge in [-0.15, -0.1) is 0 Å². The number of esters is 1. The molecule has 0 spiro atoms. The third kappa shape index (κ3) is 6.98. The van der Waals surface area contributed by atoms with Gasteiger partial charge in [-0.2, -0.15) is 0 Å². The molecule has 0 bridgehead atoms. The molecule has 0 aliphatic heterocycles. The summed E-state index contributed by atoms with van der Waals surface area (Å²) in [6.45, 7) is 4.83. The Kier molecular flexibility index (Phi) is 8.25. The first-order chi connectivity index (χ1) is 10.2. The Morgan fingerprint density at radius 2 is 1.95 bits per heavy atom. The summed E-state index contributed by atoms with van der Waals surface area (Å²) in [5.41, 5.74) is 0.950. The van der Waals surface area contributed by atoms with Crippen molar-refractivity contribution in [2.45, 2.75) is 39.5 Å². The number of methoxy groups -OCH3 is 1. The topological polar surface area (TPSA) is 35.5 Å². The number of rotatable bonds is 9. The van der Waals surface area contributed by atoms with E-state index in [4.69, 9.17) is 9.47 Å². The molecule has 0 fully saturated rings. The van der Waals surface area contributed by atoms with Gasteiger partial charge in [0.1, 0.15) is 5.75 Å². The highest BCUT2D eigenvalue weighted by Crippen LogP contribution is 2.14. The van der Waals surface area contributed by atoms with Crippen molar-refractivity contribution in [2.24, 2.45) is 5.92 Å². The molecule has 0 saturated heterocycles. The number of unbranched alkanes of at least 4 members (excludes halogenated alkanes) is 1. The van der Waals surface area contributed by atoms with Crippen LogP contribution < -0.4 is 4.74 Å². The van der Waals surface area contributed by atoms with Gasteiger partial charge in [-0.25, -0.2) is 4.79 Å². The zero-order chi connectivity index (χ0) is 15.5. The lowest BCUT2D eigenvalue weighted by Crippen LogP contribution is -2.12. The molecule has 1 rings (SSSR count). The van der Waals surface area contributed by atoms with Crippen LogP contribution in [-0.4, -0.2) is 19.7 Å². The second kappa shape index (κ2) is 10.0.